The summed E-state index contributed by atoms with van der Waals surface area (Å²) in [6.07, 6.45) is 12.4. The summed E-state index contributed by atoms with van der Waals surface area (Å²) < 4.78 is 4.48. The van der Waals surface area contributed by atoms with Crippen LogP contribution in [0, 0.1) is 0 Å². The Morgan fingerprint density at radius 1 is 0.864 bits per heavy atom. The van der Waals surface area contributed by atoms with Crippen molar-refractivity contribution >= 4 is 41.5 Å². The van der Waals surface area contributed by atoms with Gasteiger partial charge in [0.25, 0.3) is 0 Å². The average molecular weight is 323 g/mol. The molecule has 1 unspecified atom stereocenters. The third-order valence-corrected chi connectivity index (χ3v) is 3.54. The molecule has 1 atom stereocenters. The molecule has 22 heavy (non-hydrogen) atoms. The van der Waals surface area contributed by atoms with E-state index in [0.717, 1.165) is 19.3 Å². The molecule has 125 valence electrons. The molecule has 0 heterocycles. The quantitative estimate of drug-likeness (QED) is 0.243. The molecule has 0 aromatic rings. The van der Waals surface area contributed by atoms with Crippen LogP contribution in [-0.2, 0) is 14.3 Å². The van der Waals surface area contributed by atoms with Crippen LogP contribution in [0.5, 0.6) is 0 Å². The molecular weight excluding hydrogens is 291 g/mol. The Hall–Kier alpha value is 0.1000. The number of rotatable bonds is 13. The van der Waals surface area contributed by atoms with Crippen LogP contribution in [0.2, 0.25) is 0 Å². The first-order valence-corrected chi connectivity index (χ1v) is 8.50. The molecular formula is C17H32NaO4. The SMILES string of the molecule is CCCCCCCCCCCCCC(=O)OC(=O)C(C)O.[Na]. The van der Waals surface area contributed by atoms with Crippen LogP contribution in [-0.4, -0.2) is 52.7 Å². The average Bonchev–Trinajstić information content (AvgIpc) is 2.44. The summed E-state index contributed by atoms with van der Waals surface area (Å²) >= 11 is 0. The molecule has 0 aliphatic carbocycles. The minimum absolute atomic E-state index is 0. The molecule has 1 radical (unpaired) electrons. The second-order valence-corrected chi connectivity index (χ2v) is 5.75. The molecule has 0 spiro atoms. The smallest absolute Gasteiger partial charge is 0.342 e. The Balaban J connectivity index is 0. The summed E-state index contributed by atoms with van der Waals surface area (Å²) in [6, 6.07) is 0. The molecule has 0 fully saturated rings. The Morgan fingerprint density at radius 3 is 1.68 bits per heavy atom. The van der Waals surface area contributed by atoms with Crippen molar-refractivity contribution in [2.75, 3.05) is 0 Å². The van der Waals surface area contributed by atoms with E-state index in [0.29, 0.717) is 0 Å². The largest absolute Gasteiger partial charge is 0.391 e. The summed E-state index contributed by atoms with van der Waals surface area (Å²) in [7, 11) is 0. The molecule has 0 aliphatic rings. The van der Waals surface area contributed by atoms with Gasteiger partial charge < -0.3 is 9.84 Å². The van der Waals surface area contributed by atoms with Crippen molar-refractivity contribution < 1.29 is 19.4 Å². The van der Waals surface area contributed by atoms with E-state index in [1.54, 1.807) is 0 Å². The fourth-order valence-corrected chi connectivity index (χ4v) is 2.18. The van der Waals surface area contributed by atoms with Crippen molar-refractivity contribution in [3.8, 4) is 0 Å². The van der Waals surface area contributed by atoms with E-state index < -0.39 is 18.0 Å². The molecule has 4 nitrogen and oxygen atoms in total. The van der Waals surface area contributed by atoms with Crippen LogP contribution in [0.15, 0.2) is 0 Å². The Morgan fingerprint density at radius 2 is 1.27 bits per heavy atom. The molecule has 0 rings (SSSR count). The number of aliphatic hydroxyl groups is 1. The van der Waals surface area contributed by atoms with E-state index >= 15 is 0 Å². The van der Waals surface area contributed by atoms with Crippen molar-refractivity contribution in [3.05, 3.63) is 0 Å². The fraction of sp³-hybridized carbons (Fsp3) is 0.882. The predicted octanol–water partition coefficient (Wildman–Crippen LogP) is 3.76. The van der Waals surface area contributed by atoms with Crippen molar-refractivity contribution in [1.82, 2.24) is 0 Å². The Kier molecular flexibility index (Phi) is 19.3. The number of unbranched alkanes of at least 4 members (excludes halogenated alkanes) is 10. The van der Waals surface area contributed by atoms with E-state index in [1.807, 2.05) is 0 Å². The first-order chi connectivity index (χ1) is 10.1. The van der Waals surface area contributed by atoms with E-state index in [2.05, 4.69) is 11.7 Å². The Labute approximate surface area is 157 Å². The number of hydrogen-bond acceptors (Lipinski definition) is 4. The molecule has 1 N–H and O–H groups in total. The monoisotopic (exact) mass is 323 g/mol. The minimum Gasteiger partial charge on any atom is -0.391 e. The van der Waals surface area contributed by atoms with Gasteiger partial charge in [0.2, 0.25) is 0 Å². The number of aliphatic hydroxyl groups excluding tert-OH is 1. The molecule has 0 amide bonds. The molecule has 0 aromatic carbocycles. The third kappa shape index (κ3) is 16.5. The number of carbonyl (C=O) groups excluding carboxylic acids is 2. The third-order valence-electron chi connectivity index (χ3n) is 3.54. The van der Waals surface area contributed by atoms with E-state index in [9.17, 15) is 9.59 Å². The van der Waals surface area contributed by atoms with E-state index in [4.69, 9.17) is 5.11 Å². The van der Waals surface area contributed by atoms with Crippen LogP contribution in [0.25, 0.3) is 0 Å². The van der Waals surface area contributed by atoms with Gasteiger partial charge in [-0.1, -0.05) is 71.1 Å². The predicted molar refractivity (Wildman–Crippen MR) is 89.6 cm³/mol. The fourth-order valence-electron chi connectivity index (χ4n) is 2.18. The summed E-state index contributed by atoms with van der Waals surface area (Å²) in [5.74, 6) is -1.39. The maximum Gasteiger partial charge on any atom is 0.342 e. The number of carbonyl (C=O) groups is 2. The number of hydrogen-bond donors (Lipinski definition) is 1. The minimum atomic E-state index is -1.23. The molecule has 0 saturated carbocycles. The maximum absolute atomic E-state index is 11.3. The van der Waals surface area contributed by atoms with Gasteiger partial charge in [0, 0.05) is 36.0 Å². The van der Waals surface area contributed by atoms with Gasteiger partial charge >= 0.3 is 11.9 Å². The van der Waals surface area contributed by atoms with Gasteiger partial charge in [-0.15, -0.1) is 0 Å². The van der Waals surface area contributed by atoms with Gasteiger partial charge in [0.05, 0.1) is 0 Å². The first kappa shape index (κ1) is 24.4. The standard InChI is InChI=1S/C17H32O4.Na/c1-3-4-5-6-7-8-9-10-11-12-13-14-16(19)21-17(20)15(2)18;/h15,18H,3-14H2,1-2H3;. The summed E-state index contributed by atoms with van der Waals surface area (Å²) in [5, 5.41) is 8.90. The summed E-state index contributed by atoms with van der Waals surface area (Å²) in [6.45, 7) is 3.52. The number of ether oxygens (including phenoxy) is 1. The van der Waals surface area contributed by atoms with Crippen LogP contribution in [0.4, 0.5) is 0 Å². The van der Waals surface area contributed by atoms with Gasteiger partial charge in [-0.2, -0.15) is 0 Å². The maximum atomic E-state index is 11.3. The zero-order valence-corrected chi connectivity index (χ0v) is 16.7. The normalized spacial score (nSPS) is 11.6. The van der Waals surface area contributed by atoms with Gasteiger partial charge in [0.1, 0.15) is 6.10 Å². The van der Waals surface area contributed by atoms with Gasteiger partial charge in [0.15, 0.2) is 0 Å². The van der Waals surface area contributed by atoms with Crippen LogP contribution >= 0.6 is 0 Å². The van der Waals surface area contributed by atoms with Gasteiger partial charge in [-0.25, -0.2) is 4.79 Å². The zero-order chi connectivity index (χ0) is 15.9. The van der Waals surface area contributed by atoms with Crippen molar-refractivity contribution in [2.24, 2.45) is 0 Å². The molecule has 0 aliphatic heterocycles. The van der Waals surface area contributed by atoms with E-state index in [-0.39, 0.29) is 36.0 Å². The summed E-state index contributed by atoms with van der Waals surface area (Å²) in [5.41, 5.74) is 0. The second-order valence-electron chi connectivity index (χ2n) is 5.75. The molecule has 0 bridgehead atoms. The van der Waals surface area contributed by atoms with Crippen molar-refractivity contribution in [2.45, 2.75) is 97.0 Å². The van der Waals surface area contributed by atoms with Crippen molar-refractivity contribution in [3.63, 3.8) is 0 Å². The van der Waals surface area contributed by atoms with Crippen LogP contribution < -0.4 is 0 Å². The number of esters is 2. The molecule has 0 aromatic heterocycles. The van der Waals surface area contributed by atoms with Crippen LogP contribution in [0.3, 0.4) is 0 Å². The van der Waals surface area contributed by atoms with Gasteiger partial charge in [-0.05, 0) is 13.3 Å². The topological polar surface area (TPSA) is 63.6 Å². The van der Waals surface area contributed by atoms with Crippen LogP contribution in [0.1, 0.15) is 90.9 Å². The molecule has 0 saturated heterocycles. The van der Waals surface area contributed by atoms with Crippen molar-refractivity contribution in [1.29, 1.82) is 0 Å². The Bertz CT molecular complexity index is 280. The zero-order valence-electron chi connectivity index (χ0n) is 14.7. The first-order valence-electron chi connectivity index (χ1n) is 8.50. The summed E-state index contributed by atoms with van der Waals surface area (Å²) in [4.78, 5) is 22.2. The van der Waals surface area contributed by atoms with E-state index in [1.165, 1.54) is 58.3 Å². The van der Waals surface area contributed by atoms with Gasteiger partial charge in [-0.3, -0.25) is 4.79 Å². The second kappa shape index (κ2) is 17.5. The molecule has 5 heteroatoms.